The summed E-state index contributed by atoms with van der Waals surface area (Å²) in [7, 11) is 2.13. The number of carbonyl (C=O) groups is 1. The lowest BCUT2D eigenvalue weighted by atomic mass is 10.1. The van der Waals surface area contributed by atoms with Crippen molar-refractivity contribution in [3.8, 4) is 17.0 Å². The van der Waals surface area contributed by atoms with Crippen LogP contribution in [0.1, 0.15) is 47.6 Å². The van der Waals surface area contributed by atoms with Crippen molar-refractivity contribution in [2.45, 2.75) is 71.8 Å². The monoisotopic (exact) mass is 555 g/mol. The number of carbonyl (C=O) groups excluding carboxylic acids is 1. The molecule has 10 heteroatoms. The Balaban J connectivity index is 1.91. The van der Waals surface area contributed by atoms with Crippen molar-refractivity contribution in [2.24, 2.45) is 0 Å². The minimum Gasteiger partial charge on any atom is -0.491 e. The van der Waals surface area contributed by atoms with E-state index < -0.39 is 14.4 Å². The first kappa shape index (κ1) is 30.6. The zero-order valence-corrected chi connectivity index (χ0v) is 26.2. The van der Waals surface area contributed by atoms with E-state index in [-0.39, 0.29) is 23.8 Å². The number of fused-ring (bicyclic) bond motifs is 1. The molecule has 1 amide bonds. The fourth-order valence-corrected chi connectivity index (χ4v) is 5.31. The number of aromatic nitrogens is 3. The number of anilines is 1. The zero-order valence-electron chi connectivity index (χ0n) is 25.2. The van der Waals surface area contributed by atoms with E-state index in [4.69, 9.17) is 18.9 Å². The molecule has 0 aliphatic heterocycles. The van der Waals surface area contributed by atoms with Gasteiger partial charge in [-0.3, -0.25) is 5.32 Å². The molecule has 1 atom stereocenters. The molecule has 3 rings (SSSR count). The third-order valence-corrected chi connectivity index (χ3v) is 11.5. The maximum atomic E-state index is 12.3. The van der Waals surface area contributed by atoms with Crippen LogP contribution in [0.2, 0.25) is 18.1 Å². The number of hydrogen-bond acceptors (Lipinski definition) is 7. The molecule has 214 valence electrons. The highest BCUT2D eigenvalue weighted by molar-refractivity contribution is 6.74. The first-order valence-corrected chi connectivity index (χ1v) is 16.5. The molecule has 0 bridgehead atoms. The van der Waals surface area contributed by atoms with Crippen molar-refractivity contribution in [1.29, 1.82) is 0 Å². The average Bonchev–Trinajstić information content (AvgIpc) is 3.26. The number of nitrogens with zero attached hydrogens (tertiary/aromatic N) is 4. The summed E-state index contributed by atoms with van der Waals surface area (Å²) in [5.74, 6) is 0.731. The van der Waals surface area contributed by atoms with Gasteiger partial charge in [0.2, 0.25) is 0 Å². The van der Waals surface area contributed by atoms with Crippen molar-refractivity contribution in [1.82, 2.24) is 19.7 Å². The Bertz CT molecular complexity index is 1270. The van der Waals surface area contributed by atoms with Gasteiger partial charge >= 0.3 is 6.09 Å². The summed E-state index contributed by atoms with van der Waals surface area (Å²) in [5.41, 5.74) is 2.85. The van der Waals surface area contributed by atoms with Crippen LogP contribution in [0.25, 0.3) is 22.3 Å². The maximum Gasteiger partial charge on any atom is 0.411 e. The van der Waals surface area contributed by atoms with Gasteiger partial charge in [0.25, 0.3) is 0 Å². The van der Waals surface area contributed by atoms with E-state index >= 15 is 0 Å². The van der Waals surface area contributed by atoms with E-state index in [1.165, 1.54) is 0 Å². The minimum atomic E-state index is -1.97. The summed E-state index contributed by atoms with van der Waals surface area (Å²) in [6, 6.07) is 9.79. The minimum absolute atomic E-state index is 0.0557. The Morgan fingerprint density at radius 1 is 1.18 bits per heavy atom. The van der Waals surface area contributed by atoms with Crippen LogP contribution in [-0.4, -0.2) is 74.0 Å². The average molecular weight is 556 g/mol. The number of amides is 1. The highest BCUT2D eigenvalue weighted by atomic mass is 28.4. The summed E-state index contributed by atoms with van der Waals surface area (Å²) in [4.78, 5) is 19.3. The molecule has 1 aromatic carbocycles. The molecule has 0 radical (unpaired) electrons. The number of likely N-dealkylation sites (N-methyl/N-ethyl adjacent to an activating group) is 1. The van der Waals surface area contributed by atoms with E-state index in [1.807, 2.05) is 63.0 Å². The largest absolute Gasteiger partial charge is 0.491 e. The van der Waals surface area contributed by atoms with E-state index in [1.54, 1.807) is 13.1 Å². The van der Waals surface area contributed by atoms with E-state index in [9.17, 15) is 4.79 Å². The van der Waals surface area contributed by atoms with Crippen LogP contribution in [0.4, 0.5) is 10.5 Å². The lowest BCUT2D eigenvalue weighted by Gasteiger charge is -2.39. The fraction of sp³-hybridized carbons (Fsp3) is 0.552. The van der Waals surface area contributed by atoms with Crippen LogP contribution in [-0.2, 0) is 9.16 Å². The van der Waals surface area contributed by atoms with E-state index in [0.29, 0.717) is 23.6 Å². The first-order chi connectivity index (χ1) is 18.2. The van der Waals surface area contributed by atoms with Crippen LogP contribution in [0.3, 0.4) is 0 Å². The molecule has 39 heavy (non-hydrogen) atoms. The second-order valence-corrected chi connectivity index (χ2v) is 16.7. The summed E-state index contributed by atoms with van der Waals surface area (Å²) in [6.45, 7) is 18.6. The molecule has 1 unspecified atom stereocenters. The summed E-state index contributed by atoms with van der Waals surface area (Å²) < 4.78 is 19.9. The molecular formula is C29H45N5O4Si. The fourth-order valence-electron chi connectivity index (χ4n) is 3.98. The van der Waals surface area contributed by atoms with Gasteiger partial charge in [-0.05, 0) is 71.2 Å². The number of hydrogen-bond donors (Lipinski definition) is 1. The summed E-state index contributed by atoms with van der Waals surface area (Å²) in [5, 5.41) is 8.22. The normalized spacial score (nSPS) is 13.2. The number of rotatable bonds is 11. The third kappa shape index (κ3) is 7.80. The van der Waals surface area contributed by atoms with Gasteiger partial charge in [-0.25, -0.2) is 14.5 Å². The van der Waals surface area contributed by atoms with Crippen molar-refractivity contribution in [2.75, 3.05) is 39.2 Å². The molecule has 0 saturated heterocycles. The summed E-state index contributed by atoms with van der Waals surface area (Å²) >= 11 is 0. The van der Waals surface area contributed by atoms with Gasteiger partial charge < -0.3 is 18.8 Å². The van der Waals surface area contributed by atoms with Gasteiger partial charge in [0.05, 0.1) is 35.7 Å². The Morgan fingerprint density at radius 2 is 1.90 bits per heavy atom. The smallest absolute Gasteiger partial charge is 0.411 e. The molecule has 0 spiro atoms. The quantitative estimate of drug-likeness (QED) is 0.267. The van der Waals surface area contributed by atoms with E-state index in [0.717, 1.165) is 23.2 Å². The molecule has 0 aliphatic rings. The molecule has 1 N–H and O–H groups in total. The lowest BCUT2D eigenvalue weighted by molar-refractivity contribution is 0.0907. The number of benzene rings is 1. The molecule has 2 aromatic heterocycles. The van der Waals surface area contributed by atoms with Crippen molar-refractivity contribution >= 4 is 31.1 Å². The van der Waals surface area contributed by atoms with Crippen LogP contribution in [0.15, 0.2) is 36.5 Å². The molecule has 0 aliphatic carbocycles. The van der Waals surface area contributed by atoms with Crippen molar-refractivity contribution in [3.05, 3.63) is 36.5 Å². The highest BCUT2D eigenvalue weighted by Gasteiger charge is 2.39. The number of ether oxygens (including phenoxy) is 2. The van der Waals surface area contributed by atoms with Gasteiger partial charge in [0, 0.05) is 18.2 Å². The van der Waals surface area contributed by atoms with Crippen LogP contribution in [0, 0.1) is 0 Å². The predicted molar refractivity (Wildman–Crippen MR) is 160 cm³/mol. The van der Waals surface area contributed by atoms with Gasteiger partial charge in [-0.2, -0.15) is 5.10 Å². The number of pyridine rings is 1. The molecule has 9 nitrogen and oxygen atoms in total. The Labute approximate surface area is 234 Å². The SMILES string of the molecule is CCOC(=O)Nc1cc(-c2cccc(OCC(CN(C)C)O[Si](C)(C)C(C)(C)C)c2)nc2c1cnn2C(C)C. The topological polar surface area (TPSA) is 90.7 Å². The number of nitrogens with one attached hydrogen (secondary N) is 1. The zero-order chi connectivity index (χ0) is 29.0. The van der Waals surface area contributed by atoms with E-state index in [2.05, 4.69) is 49.2 Å². The van der Waals surface area contributed by atoms with Crippen molar-refractivity contribution in [3.63, 3.8) is 0 Å². The van der Waals surface area contributed by atoms with Crippen LogP contribution >= 0.6 is 0 Å². The Kier molecular flexibility index (Phi) is 9.79. The van der Waals surface area contributed by atoms with Gasteiger partial charge in [0.15, 0.2) is 14.0 Å². The Hall–Kier alpha value is -2.95. The Morgan fingerprint density at radius 3 is 2.51 bits per heavy atom. The molecule has 2 heterocycles. The van der Waals surface area contributed by atoms with Gasteiger partial charge in [-0.15, -0.1) is 0 Å². The highest BCUT2D eigenvalue weighted by Crippen LogP contribution is 2.37. The van der Waals surface area contributed by atoms with Crippen LogP contribution < -0.4 is 10.1 Å². The van der Waals surface area contributed by atoms with Crippen LogP contribution in [0.5, 0.6) is 5.75 Å². The van der Waals surface area contributed by atoms with Gasteiger partial charge in [0.1, 0.15) is 12.4 Å². The second kappa shape index (κ2) is 12.5. The molecule has 0 fully saturated rings. The van der Waals surface area contributed by atoms with Crippen molar-refractivity contribution < 1.29 is 18.7 Å². The molecular weight excluding hydrogens is 510 g/mol. The molecule has 0 saturated carbocycles. The van der Waals surface area contributed by atoms with Gasteiger partial charge in [-0.1, -0.05) is 32.9 Å². The maximum absolute atomic E-state index is 12.3. The summed E-state index contributed by atoms with van der Waals surface area (Å²) in [6.07, 6.45) is 1.15. The first-order valence-electron chi connectivity index (χ1n) is 13.6. The standard InChI is InChI=1S/C29H45N5O4Si/c1-11-36-28(35)32-26-16-25(31-27-24(26)17-30-34(27)20(2)3)21-13-12-14-22(15-21)37-19-23(18-33(7)8)38-39(9,10)29(4,5)6/h12-17,20,23H,11,18-19H2,1-10H3,(H,31,32,35). The second-order valence-electron chi connectivity index (χ2n) is 11.9. The molecule has 3 aromatic rings. The third-order valence-electron chi connectivity index (χ3n) is 6.97. The lowest BCUT2D eigenvalue weighted by Crippen LogP contribution is -2.48. The predicted octanol–water partition coefficient (Wildman–Crippen LogP) is 6.58.